The lowest BCUT2D eigenvalue weighted by molar-refractivity contribution is -0.0405. The van der Waals surface area contributed by atoms with Gasteiger partial charge in [0.25, 0.3) is 0 Å². The SMILES string of the molecule is COc1ccc(CN(c2cc(C)n(C3CCCCO3)n2)c2nc(N(C)c3c(F)cc(S(C)(=O)=O)cc3F)nc(-c3cn(C)nc3C)c2C2CC2)cc1. The smallest absolute Gasteiger partial charge is 0.232 e. The lowest BCUT2D eigenvalue weighted by Crippen LogP contribution is -2.25. The quantitative estimate of drug-likeness (QED) is 0.140. The maximum Gasteiger partial charge on any atom is 0.232 e. The molecule has 12 nitrogen and oxygen atoms in total. The maximum atomic E-state index is 15.7. The Morgan fingerprint density at radius 1 is 1.00 bits per heavy atom. The number of methoxy groups -OCH3 is 1. The van der Waals surface area contributed by atoms with E-state index in [2.05, 4.69) is 5.10 Å². The van der Waals surface area contributed by atoms with Crippen molar-refractivity contribution in [1.82, 2.24) is 29.5 Å². The van der Waals surface area contributed by atoms with Crippen LogP contribution in [-0.2, 0) is 28.2 Å². The van der Waals surface area contributed by atoms with E-state index in [1.54, 1.807) is 11.8 Å². The number of benzene rings is 2. The largest absolute Gasteiger partial charge is 0.497 e. The number of sulfone groups is 1. The van der Waals surface area contributed by atoms with Gasteiger partial charge in [-0.2, -0.15) is 15.2 Å². The molecule has 15 heteroatoms. The molecule has 3 aromatic heterocycles. The van der Waals surface area contributed by atoms with Gasteiger partial charge in [0.1, 0.15) is 17.3 Å². The maximum absolute atomic E-state index is 15.7. The van der Waals surface area contributed by atoms with Gasteiger partial charge in [0.15, 0.2) is 33.5 Å². The summed E-state index contributed by atoms with van der Waals surface area (Å²) in [7, 11) is 1.04. The van der Waals surface area contributed by atoms with Crippen molar-refractivity contribution in [2.24, 2.45) is 7.05 Å². The Morgan fingerprint density at radius 2 is 1.71 bits per heavy atom. The molecule has 274 valence electrons. The Bertz CT molecular complexity index is 2210. The van der Waals surface area contributed by atoms with Gasteiger partial charge < -0.3 is 19.3 Å². The summed E-state index contributed by atoms with van der Waals surface area (Å²) in [4.78, 5) is 12.9. The molecule has 52 heavy (non-hydrogen) atoms. The summed E-state index contributed by atoms with van der Waals surface area (Å²) in [5, 5.41) is 9.70. The van der Waals surface area contributed by atoms with Crippen molar-refractivity contribution in [3.8, 4) is 17.0 Å². The molecule has 1 atom stereocenters. The van der Waals surface area contributed by atoms with Crippen molar-refractivity contribution < 1.29 is 26.7 Å². The predicted octanol–water partition coefficient (Wildman–Crippen LogP) is 7.06. The fourth-order valence-electron chi connectivity index (χ4n) is 6.75. The summed E-state index contributed by atoms with van der Waals surface area (Å²) >= 11 is 0. The molecule has 0 amide bonds. The first-order valence-corrected chi connectivity index (χ1v) is 19.1. The standard InChI is InChI=1S/C37H42F2N8O4S/c1-22-17-31(43-47(22)32-9-7-8-16-51-32)46(20-24-10-14-26(50-5)15-11-24)36-33(25-12-13-25)34(28-21-44(3)42-23(28)2)40-37(41-36)45(4)35-29(38)18-27(19-30(35)39)52(6,48)49/h10-11,14-15,17-19,21,25,32H,7-9,12-13,16,20H2,1-6H3. The molecule has 4 heterocycles. The Kier molecular flexibility index (Phi) is 9.50. The number of nitrogens with zero attached hydrogens (tertiary/aromatic N) is 8. The molecule has 0 radical (unpaired) electrons. The normalized spacial score (nSPS) is 16.3. The average Bonchev–Trinajstić information content (AvgIpc) is 3.80. The van der Waals surface area contributed by atoms with Gasteiger partial charge in [-0.05, 0) is 81.7 Å². The average molecular weight is 733 g/mol. The van der Waals surface area contributed by atoms with Gasteiger partial charge in [0.2, 0.25) is 5.95 Å². The van der Waals surface area contributed by atoms with E-state index in [1.807, 2.05) is 67.0 Å². The molecule has 2 aromatic carbocycles. The molecule has 0 spiro atoms. The van der Waals surface area contributed by atoms with Crippen molar-refractivity contribution >= 4 is 33.1 Å². The van der Waals surface area contributed by atoms with Crippen LogP contribution in [0.1, 0.15) is 66.8 Å². The molecule has 1 saturated heterocycles. The molecule has 1 aliphatic heterocycles. The van der Waals surface area contributed by atoms with Gasteiger partial charge in [-0.1, -0.05) is 12.1 Å². The van der Waals surface area contributed by atoms with Crippen LogP contribution in [-0.4, -0.2) is 65.0 Å². The van der Waals surface area contributed by atoms with Crippen LogP contribution in [0, 0.1) is 25.5 Å². The zero-order valence-corrected chi connectivity index (χ0v) is 30.9. The number of aryl methyl sites for hydroxylation is 3. The number of halogens is 2. The Balaban J connectivity index is 1.46. The van der Waals surface area contributed by atoms with Crippen LogP contribution in [0.3, 0.4) is 0 Å². The highest BCUT2D eigenvalue weighted by atomic mass is 32.2. The fourth-order valence-corrected chi connectivity index (χ4v) is 7.39. The van der Waals surface area contributed by atoms with Gasteiger partial charge in [-0.15, -0.1) is 0 Å². The Hall–Kier alpha value is -4.89. The summed E-state index contributed by atoms with van der Waals surface area (Å²) in [5.74, 6) is -0.110. The summed E-state index contributed by atoms with van der Waals surface area (Å²) in [6.07, 6.45) is 7.29. The van der Waals surface area contributed by atoms with Gasteiger partial charge >= 0.3 is 0 Å². The van der Waals surface area contributed by atoms with E-state index in [4.69, 9.17) is 24.5 Å². The minimum Gasteiger partial charge on any atom is -0.497 e. The van der Waals surface area contributed by atoms with Gasteiger partial charge in [0.05, 0.1) is 29.9 Å². The van der Waals surface area contributed by atoms with Crippen LogP contribution in [0.15, 0.2) is 53.6 Å². The fraction of sp³-hybridized carbons (Fsp3) is 0.405. The second-order valence-corrected chi connectivity index (χ2v) is 15.6. The topological polar surface area (TPSA) is 120 Å². The van der Waals surface area contributed by atoms with Crippen molar-refractivity contribution in [3.63, 3.8) is 0 Å². The third-order valence-electron chi connectivity index (χ3n) is 9.59. The van der Waals surface area contributed by atoms with Gasteiger partial charge in [0, 0.05) is 56.0 Å². The predicted molar refractivity (Wildman–Crippen MR) is 193 cm³/mol. The second kappa shape index (κ2) is 13.9. The van der Waals surface area contributed by atoms with E-state index >= 15 is 8.78 Å². The highest BCUT2D eigenvalue weighted by Gasteiger charge is 2.36. The van der Waals surface area contributed by atoms with Gasteiger partial charge in [-0.25, -0.2) is 26.9 Å². The molecular weight excluding hydrogens is 691 g/mol. The van der Waals surface area contributed by atoms with Crippen molar-refractivity contribution in [2.45, 2.75) is 69.5 Å². The molecule has 1 aliphatic carbocycles. The Labute approximate surface area is 301 Å². The molecular formula is C37H42F2N8O4S. The van der Waals surface area contributed by atoms with E-state index < -0.39 is 32.1 Å². The molecule has 1 saturated carbocycles. The third kappa shape index (κ3) is 6.98. The van der Waals surface area contributed by atoms with Crippen molar-refractivity contribution in [1.29, 1.82) is 0 Å². The first-order valence-electron chi connectivity index (χ1n) is 17.3. The van der Waals surface area contributed by atoms with Crippen LogP contribution in [0.5, 0.6) is 5.75 Å². The van der Waals surface area contributed by atoms with Crippen LogP contribution in [0.2, 0.25) is 0 Å². The molecule has 0 N–H and O–H groups in total. The molecule has 2 fully saturated rings. The van der Waals surface area contributed by atoms with E-state index in [9.17, 15) is 8.42 Å². The molecule has 0 bridgehead atoms. The monoisotopic (exact) mass is 732 g/mol. The Morgan fingerprint density at radius 3 is 2.29 bits per heavy atom. The van der Waals surface area contributed by atoms with Crippen LogP contribution >= 0.6 is 0 Å². The number of hydrogen-bond acceptors (Lipinski definition) is 10. The molecule has 7 rings (SSSR count). The van der Waals surface area contributed by atoms with E-state index in [1.165, 1.54) is 11.9 Å². The first-order chi connectivity index (χ1) is 24.8. The number of ether oxygens (including phenoxy) is 2. The summed E-state index contributed by atoms with van der Waals surface area (Å²) in [5.41, 5.74) is 4.36. The zero-order chi connectivity index (χ0) is 36.9. The van der Waals surface area contributed by atoms with Crippen molar-refractivity contribution in [2.75, 3.05) is 36.8 Å². The highest BCUT2D eigenvalue weighted by molar-refractivity contribution is 7.90. The van der Waals surface area contributed by atoms with Crippen LogP contribution in [0.4, 0.5) is 32.1 Å². The van der Waals surface area contributed by atoms with Crippen LogP contribution in [0.25, 0.3) is 11.3 Å². The zero-order valence-electron chi connectivity index (χ0n) is 30.1. The minimum atomic E-state index is -3.87. The van der Waals surface area contributed by atoms with E-state index in [0.717, 1.165) is 84.3 Å². The lowest BCUT2D eigenvalue weighted by atomic mass is 10.0. The summed E-state index contributed by atoms with van der Waals surface area (Å²) < 4.78 is 71.0. The lowest BCUT2D eigenvalue weighted by Gasteiger charge is -2.28. The van der Waals surface area contributed by atoms with E-state index in [-0.39, 0.29) is 18.1 Å². The first kappa shape index (κ1) is 35.5. The number of anilines is 4. The number of aromatic nitrogens is 6. The van der Waals surface area contributed by atoms with Crippen LogP contribution < -0.4 is 14.5 Å². The number of rotatable bonds is 11. The third-order valence-corrected chi connectivity index (χ3v) is 10.7. The molecule has 2 aliphatic rings. The molecule has 1 unspecified atom stereocenters. The molecule has 5 aromatic rings. The minimum absolute atomic E-state index is 0.00839. The second-order valence-electron chi connectivity index (χ2n) is 13.6. The summed E-state index contributed by atoms with van der Waals surface area (Å²) in [6, 6.07) is 11.4. The van der Waals surface area contributed by atoms with E-state index in [0.29, 0.717) is 30.5 Å². The highest BCUT2D eigenvalue weighted by Crippen LogP contribution is 2.50. The van der Waals surface area contributed by atoms with Crippen molar-refractivity contribution in [3.05, 3.63) is 82.8 Å². The van der Waals surface area contributed by atoms with Gasteiger partial charge in [-0.3, -0.25) is 4.68 Å². The summed E-state index contributed by atoms with van der Waals surface area (Å²) in [6.45, 7) is 4.90. The number of hydrogen-bond donors (Lipinski definition) is 0.